The number of aliphatic hydroxyl groups is 1. The number of nitrogens with zero attached hydrogens (tertiary/aromatic N) is 1. The molecule has 0 spiro atoms. The first-order chi connectivity index (χ1) is 7.17. The summed E-state index contributed by atoms with van der Waals surface area (Å²) in [6.45, 7) is 9.37. The Hall–Kier alpha value is -0.0800. The minimum Gasteiger partial charge on any atom is -0.396 e. The van der Waals surface area contributed by atoms with E-state index in [-0.39, 0.29) is 5.41 Å². The molecule has 1 heterocycles. The van der Waals surface area contributed by atoms with Crippen LogP contribution in [0, 0.1) is 5.41 Å². The van der Waals surface area contributed by atoms with Crippen molar-refractivity contribution in [2.75, 3.05) is 19.7 Å². The molecule has 1 aliphatic heterocycles. The fraction of sp³-hybridized carbons (Fsp3) is 1.00. The lowest BCUT2D eigenvalue weighted by Crippen LogP contribution is -2.46. The molecule has 0 saturated carbocycles. The summed E-state index contributed by atoms with van der Waals surface area (Å²) < 4.78 is 0. The molecule has 1 N–H and O–H groups in total. The second-order valence-corrected chi connectivity index (χ2v) is 5.18. The third-order valence-electron chi connectivity index (χ3n) is 4.31. The highest BCUT2D eigenvalue weighted by molar-refractivity contribution is 4.83. The highest BCUT2D eigenvalue weighted by atomic mass is 16.3. The Morgan fingerprint density at radius 1 is 1.27 bits per heavy atom. The van der Waals surface area contributed by atoms with E-state index >= 15 is 0 Å². The summed E-state index contributed by atoms with van der Waals surface area (Å²) in [6, 6.07) is 0.711. The van der Waals surface area contributed by atoms with Crippen molar-refractivity contribution in [1.29, 1.82) is 0 Å². The molecule has 1 fully saturated rings. The predicted octanol–water partition coefficient (Wildman–Crippen LogP) is 2.66. The lowest BCUT2D eigenvalue weighted by molar-refractivity contribution is 0.0375. The fourth-order valence-corrected chi connectivity index (χ4v) is 2.57. The molecule has 1 unspecified atom stereocenters. The maximum atomic E-state index is 9.57. The first kappa shape index (κ1) is 13.0. The number of aliphatic hydroxyl groups excluding tert-OH is 1. The van der Waals surface area contributed by atoms with Crippen molar-refractivity contribution < 1.29 is 5.11 Å². The summed E-state index contributed by atoms with van der Waals surface area (Å²) in [4.78, 5) is 2.58. The van der Waals surface area contributed by atoms with Gasteiger partial charge in [-0.05, 0) is 39.2 Å². The summed E-state index contributed by atoms with van der Waals surface area (Å²) in [5, 5.41) is 9.57. The van der Waals surface area contributed by atoms with Gasteiger partial charge in [-0.3, -0.25) is 0 Å². The van der Waals surface area contributed by atoms with Crippen LogP contribution in [0.15, 0.2) is 0 Å². The van der Waals surface area contributed by atoms with E-state index in [4.69, 9.17) is 0 Å². The van der Waals surface area contributed by atoms with E-state index in [2.05, 4.69) is 25.7 Å². The van der Waals surface area contributed by atoms with Gasteiger partial charge in [0.05, 0.1) is 0 Å². The molecule has 0 aromatic heterocycles. The lowest BCUT2D eigenvalue weighted by Gasteiger charge is -2.41. The van der Waals surface area contributed by atoms with E-state index in [9.17, 15) is 5.11 Å². The average Bonchev–Trinajstić information content (AvgIpc) is 2.29. The molecule has 1 aliphatic rings. The highest BCUT2D eigenvalue weighted by Crippen LogP contribution is 2.29. The molecule has 90 valence electrons. The van der Waals surface area contributed by atoms with Crippen molar-refractivity contribution in [1.82, 2.24) is 4.90 Å². The molecule has 1 rings (SSSR count). The Morgan fingerprint density at radius 2 is 1.93 bits per heavy atom. The van der Waals surface area contributed by atoms with Crippen LogP contribution in [0.5, 0.6) is 0 Å². The van der Waals surface area contributed by atoms with E-state index < -0.39 is 0 Å². The maximum absolute atomic E-state index is 9.57. The first-order valence-electron chi connectivity index (χ1n) is 6.52. The molecule has 0 aliphatic carbocycles. The van der Waals surface area contributed by atoms with Crippen molar-refractivity contribution in [2.45, 2.75) is 58.9 Å². The second-order valence-electron chi connectivity index (χ2n) is 5.18. The van der Waals surface area contributed by atoms with Crippen molar-refractivity contribution >= 4 is 0 Å². The van der Waals surface area contributed by atoms with Crippen LogP contribution in [0.2, 0.25) is 0 Å². The molecule has 0 aromatic rings. The van der Waals surface area contributed by atoms with Gasteiger partial charge in [0.2, 0.25) is 0 Å². The van der Waals surface area contributed by atoms with Gasteiger partial charge in [0.25, 0.3) is 0 Å². The molecule has 0 bridgehead atoms. The van der Waals surface area contributed by atoms with Crippen LogP contribution in [0.3, 0.4) is 0 Å². The smallest absolute Gasteiger partial charge is 0.0499 e. The molecule has 1 atom stereocenters. The molecular weight excluding hydrogens is 186 g/mol. The van der Waals surface area contributed by atoms with E-state index in [0.717, 1.165) is 19.4 Å². The molecule has 0 radical (unpaired) electrons. The Bertz CT molecular complexity index is 169. The number of hydrogen-bond donors (Lipinski definition) is 1. The zero-order valence-corrected chi connectivity index (χ0v) is 10.6. The molecule has 0 aromatic carbocycles. The fourth-order valence-electron chi connectivity index (χ4n) is 2.57. The van der Waals surface area contributed by atoms with Crippen LogP contribution in [0.1, 0.15) is 52.9 Å². The van der Waals surface area contributed by atoms with Gasteiger partial charge >= 0.3 is 0 Å². The van der Waals surface area contributed by atoms with Crippen LogP contribution in [0.4, 0.5) is 0 Å². The van der Waals surface area contributed by atoms with Gasteiger partial charge in [0, 0.05) is 24.6 Å². The molecule has 0 amide bonds. The number of hydrogen-bond acceptors (Lipinski definition) is 2. The lowest BCUT2D eigenvalue weighted by atomic mass is 9.82. The predicted molar refractivity (Wildman–Crippen MR) is 65.0 cm³/mol. The van der Waals surface area contributed by atoms with E-state index in [1.165, 1.54) is 25.8 Å². The quantitative estimate of drug-likeness (QED) is 0.759. The van der Waals surface area contributed by atoms with Gasteiger partial charge < -0.3 is 10.0 Å². The summed E-state index contributed by atoms with van der Waals surface area (Å²) >= 11 is 0. The maximum Gasteiger partial charge on any atom is 0.0499 e. The molecular formula is C13H27NO. The van der Waals surface area contributed by atoms with Gasteiger partial charge in [-0.2, -0.15) is 0 Å². The van der Waals surface area contributed by atoms with E-state index in [0.29, 0.717) is 12.6 Å². The van der Waals surface area contributed by atoms with Crippen LogP contribution < -0.4 is 0 Å². The van der Waals surface area contributed by atoms with Gasteiger partial charge in [0.1, 0.15) is 0 Å². The summed E-state index contributed by atoms with van der Waals surface area (Å²) in [5.74, 6) is 0. The van der Waals surface area contributed by atoms with Crippen molar-refractivity contribution in [3.63, 3.8) is 0 Å². The minimum absolute atomic E-state index is 0.144. The summed E-state index contributed by atoms with van der Waals surface area (Å²) in [6.07, 6.45) is 6.21. The van der Waals surface area contributed by atoms with Crippen LogP contribution in [-0.2, 0) is 0 Å². The highest BCUT2D eigenvalue weighted by Gasteiger charge is 2.30. The minimum atomic E-state index is 0.144. The van der Waals surface area contributed by atoms with Gasteiger partial charge in [-0.15, -0.1) is 0 Å². The average molecular weight is 213 g/mol. The summed E-state index contributed by atoms with van der Waals surface area (Å²) in [7, 11) is 0. The van der Waals surface area contributed by atoms with Crippen LogP contribution in [0.25, 0.3) is 0 Å². The van der Waals surface area contributed by atoms with Crippen molar-refractivity contribution in [3.05, 3.63) is 0 Å². The Labute approximate surface area is 94.7 Å². The second kappa shape index (κ2) is 5.86. The van der Waals surface area contributed by atoms with Crippen LogP contribution in [-0.4, -0.2) is 35.7 Å². The zero-order chi connectivity index (χ0) is 11.3. The summed E-state index contributed by atoms with van der Waals surface area (Å²) in [5.41, 5.74) is 0.144. The van der Waals surface area contributed by atoms with Crippen molar-refractivity contribution in [3.8, 4) is 0 Å². The van der Waals surface area contributed by atoms with Crippen LogP contribution >= 0.6 is 0 Å². The molecule has 2 heteroatoms. The molecule has 15 heavy (non-hydrogen) atoms. The number of rotatable bonds is 5. The molecule has 1 saturated heterocycles. The largest absolute Gasteiger partial charge is 0.396 e. The van der Waals surface area contributed by atoms with E-state index in [1.54, 1.807) is 0 Å². The third kappa shape index (κ3) is 3.18. The zero-order valence-electron chi connectivity index (χ0n) is 10.6. The number of likely N-dealkylation sites (tertiary alicyclic amines) is 1. The van der Waals surface area contributed by atoms with Gasteiger partial charge in [0.15, 0.2) is 0 Å². The third-order valence-corrected chi connectivity index (χ3v) is 4.31. The first-order valence-corrected chi connectivity index (χ1v) is 6.52. The topological polar surface area (TPSA) is 23.5 Å². The van der Waals surface area contributed by atoms with E-state index in [1.807, 2.05) is 0 Å². The monoisotopic (exact) mass is 213 g/mol. The van der Waals surface area contributed by atoms with Gasteiger partial charge in [-0.1, -0.05) is 20.3 Å². The Balaban J connectivity index is 2.56. The van der Waals surface area contributed by atoms with Crippen molar-refractivity contribution in [2.24, 2.45) is 5.41 Å². The van der Waals surface area contributed by atoms with Gasteiger partial charge in [-0.25, -0.2) is 0 Å². The SMILES string of the molecule is CCC(CC)(CO)CN1CCCCC1C. The standard InChI is InChI=1S/C13H27NO/c1-4-13(5-2,11-15)10-14-9-7-6-8-12(14)3/h12,15H,4-11H2,1-3H3. The number of piperidine rings is 1. The Morgan fingerprint density at radius 3 is 2.40 bits per heavy atom. The molecule has 2 nitrogen and oxygen atoms in total. The Kier molecular flexibility index (Phi) is 5.07. The normalized spacial score (nSPS) is 24.4.